The van der Waals surface area contributed by atoms with Gasteiger partial charge in [-0.3, -0.25) is 9.59 Å². The fraction of sp³-hybridized carbons (Fsp3) is 0.467. The van der Waals surface area contributed by atoms with E-state index in [9.17, 15) is 9.59 Å². The fourth-order valence-electron chi connectivity index (χ4n) is 2.32. The van der Waals surface area contributed by atoms with Crippen LogP contribution in [0.1, 0.15) is 25.7 Å². The molecule has 1 aliphatic rings. The van der Waals surface area contributed by atoms with Crippen molar-refractivity contribution in [3.63, 3.8) is 0 Å². The highest BCUT2D eigenvalue weighted by Gasteiger charge is 2.18. The first-order valence-corrected chi connectivity index (χ1v) is 7.69. The molecule has 23 heavy (non-hydrogen) atoms. The van der Waals surface area contributed by atoms with Crippen LogP contribution in [0.5, 0.6) is 5.75 Å². The summed E-state index contributed by atoms with van der Waals surface area (Å²) in [5.74, 6) is -0.0983. The van der Waals surface area contributed by atoms with E-state index in [0.29, 0.717) is 16.5 Å². The van der Waals surface area contributed by atoms with E-state index in [1.165, 1.54) is 12.8 Å². The number of nitrogens with two attached hydrogens (primary N) is 1. The van der Waals surface area contributed by atoms with Gasteiger partial charge in [-0.05, 0) is 43.9 Å². The van der Waals surface area contributed by atoms with E-state index in [2.05, 4.69) is 10.6 Å². The van der Waals surface area contributed by atoms with E-state index in [0.717, 1.165) is 12.8 Å². The maximum Gasteiger partial charge on any atom is 0.243 e. The lowest BCUT2D eigenvalue weighted by molar-refractivity contribution is -0.123. The molecule has 1 saturated carbocycles. The lowest BCUT2D eigenvalue weighted by Gasteiger charge is -2.15. The number of hydrogen-bond acceptors (Lipinski definition) is 4. The van der Waals surface area contributed by atoms with Crippen molar-refractivity contribution in [2.75, 3.05) is 18.4 Å². The van der Waals surface area contributed by atoms with E-state index in [4.69, 9.17) is 22.1 Å². The molecule has 1 aliphatic carbocycles. The van der Waals surface area contributed by atoms with Crippen LogP contribution < -0.4 is 21.1 Å². The Kier molecular flexibility index (Phi) is 8.16. The van der Waals surface area contributed by atoms with Crippen molar-refractivity contribution in [1.29, 1.82) is 0 Å². The van der Waals surface area contributed by atoms with Gasteiger partial charge in [0.15, 0.2) is 0 Å². The molecule has 0 heterocycles. The van der Waals surface area contributed by atoms with Gasteiger partial charge in [0.2, 0.25) is 11.8 Å². The zero-order valence-corrected chi connectivity index (χ0v) is 14.2. The summed E-state index contributed by atoms with van der Waals surface area (Å²) in [4.78, 5) is 22.6. The number of nitrogens with one attached hydrogen (secondary N) is 2. The van der Waals surface area contributed by atoms with Crippen molar-refractivity contribution in [2.45, 2.75) is 31.8 Å². The summed E-state index contributed by atoms with van der Waals surface area (Å²) in [6, 6.07) is 5.10. The minimum absolute atomic E-state index is 0. The fourth-order valence-corrected chi connectivity index (χ4v) is 2.54. The second kappa shape index (κ2) is 9.60. The van der Waals surface area contributed by atoms with Crippen LogP contribution in [0.25, 0.3) is 0 Å². The highest BCUT2D eigenvalue weighted by atomic mass is 35.5. The van der Waals surface area contributed by atoms with Crippen molar-refractivity contribution >= 4 is 41.5 Å². The van der Waals surface area contributed by atoms with Crippen LogP contribution >= 0.6 is 24.0 Å². The number of ether oxygens (including phenoxy) is 1. The van der Waals surface area contributed by atoms with Gasteiger partial charge >= 0.3 is 0 Å². The standard InChI is InChI=1S/C15H20ClN3O3.ClH/c16-12-7-10(19-15(21)9-18-14(20)8-17)5-6-13(12)22-11-3-1-2-4-11;/h5-7,11H,1-4,8-9,17H2,(H,18,20)(H,19,21);1H. The number of rotatable bonds is 6. The smallest absolute Gasteiger partial charge is 0.243 e. The Morgan fingerprint density at radius 1 is 1.26 bits per heavy atom. The third-order valence-electron chi connectivity index (χ3n) is 3.44. The summed E-state index contributed by atoms with van der Waals surface area (Å²) in [6.07, 6.45) is 4.70. The molecule has 0 unspecified atom stereocenters. The number of carbonyl (C=O) groups is 2. The van der Waals surface area contributed by atoms with Crippen LogP contribution in [0, 0.1) is 0 Å². The largest absolute Gasteiger partial charge is 0.489 e. The van der Waals surface area contributed by atoms with E-state index < -0.39 is 0 Å². The third kappa shape index (κ3) is 6.25. The molecule has 0 bridgehead atoms. The van der Waals surface area contributed by atoms with Crippen molar-refractivity contribution in [2.24, 2.45) is 5.73 Å². The minimum Gasteiger partial charge on any atom is -0.489 e. The van der Waals surface area contributed by atoms with Crippen LogP contribution in [0.2, 0.25) is 5.02 Å². The lowest BCUT2D eigenvalue weighted by Crippen LogP contribution is -2.36. The maximum absolute atomic E-state index is 11.7. The average Bonchev–Trinajstić information content (AvgIpc) is 3.00. The van der Waals surface area contributed by atoms with E-state index in [1.54, 1.807) is 18.2 Å². The summed E-state index contributed by atoms with van der Waals surface area (Å²) < 4.78 is 5.84. The molecule has 0 spiro atoms. The summed E-state index contributed by atoms with van der Waals surface area (Å²) in [6.45, 7) is -0.277. The Bertz CT molecular complexity index is 549. The molecule has 2 amide bonds. The Morgan fingerprint density at radius 3 is 2.57 bits per heavy atom. The Balaban J connectivity index is 0.00000264. The predicted molar refractivity (Wildman–Crippen MR) is 92.3 cm³/mol. The molecule has 1 aromatic rings. The quantitative estimate of drug-likeness (QED) is 0.723. The second-order valence-electron chi connectivity index (χ2n) is 5.20. The van der Waals surface area contributed by atoms with Crippen molar-refractivity contribution in [3.05, 3.63) is 23.2 Å². The lowest BCUT2D eigenvalue weighted by atomic mass is 10.2. The van der Waals surface area contributed by atoms with Crippen LogP contribution in [0.4, 0.5) is 5.69 Å². The molecule has 4 N–H and O–H groups in total. The van der Waals surface area contributed by atoms with Crippen molar-refractivity contribution < 1.29 is 14.3 Å². The number of carbonyl (C=O) groups excluding carboxylic acids is 2. The minimum atomic E-state index is -0.381. The van der Waals surface area contributed by atoms with Gasteiger partial charge in [0.05, 0.1) is 24.2 Å². The molecule has 6 nitrogen and oxygen atoms in total. The van der Waals surface area contributed by atoms with Crippen molar-refractivity contribution in [1.82, 2.24) is 5.32 Å². The normalized spacial score (nSPS) is 14.0. The van der Waals surface area contributed by atoms with Crippen LogP contribution in [-0.2, 0) is 9.59 Å². The molecule has 1 fully saturated rings. The first-order valence-electron chi connectivity index (χ1n) is 7.31. The van der Waals surface area contributed by atoms with Gasteiger partial charge in [0.1, 0.15) is 5.75 Å². The summed E-state index contributed by atoms with van der Waals surface area (Å²) in [7, 11) is 0. The molecule has 1 aromatic carbocycles. The van der Waals surface area contributed by atoms with E-state index in [-0.39, 0.29) is 43.4 Å². The van der Waals surface area contributed by atoms with Gasteiger partial charge in [-0.15, -0.1) is 12.4 Å². The van der Waals surface area contributed by atoms with Crippen molar-refractivity contribution in [3.8, 4) is 5.75 Å². The Hall–Kier alpha value is -1.50. The number of anilines is 1. The van der Waals surface area contributed by atoms with Crippen LogP contribution in [0.3, 0.4) is 0 Å². The molecule has 0 atom stereocenters. The molecule has 0 saturated heterocycles. The monoisotopic (exact) mass is 361 g/mol. The predicted octanol–water partition coefficient (Wildman–Crippen LogP) is 2.10. The molecule has 0 aliphatic heterocycles. The van der Waals surface area contributed by atoms with E-state index >= 15 is 0 Å². The Labute approximate surface area is 146 Å². The SMILES string of the molecule is Cl.NCC(=O)NCC(=O)Nc1ccc(OC2CCCC2)c(Cl)c1. The van der Waals surface area contributed by atoms with Gasteiger partial charge < -0.3 is 21.1 Å². The molecule has 0 radical (unpaired) electrons. The highest BCUT2D eigenvalue weighted by Crippen LogP contribution is 2.31. The number of halogens is 2. The number of hydrogen-bond donors (Lipinski definition) is 3. The number of amides is 2. The third-order valence-corrected chi connectivity index (χ3v) is 3.74. The molecular formula is C15H21Cl2N3O3. The Morgan fingerprint density at radius 2 is 1.96 bits per heavy atom. The van der Waals surface area contributed by atoms with E-state index in [1.807, 2.05) is 0 Å². The maximum atomic E-state index is 11.7. The molecule has 128 valence electrons. The topological polar surface area (TPSA) is 93.5 Å². The molecular weight excluding hydrogens is 341 g/mol. The highest BCUT2D eigenvalue weighted by molar-refractivity contribution is 6.32. The van der Waals surface area contributed by atoms with Gasteiger partial charge in [-0.1, -0.05) is 11.6 Å². The summed E-state index contributed by atoms with van der Waals surface area (Å²) >= 11 is 6.18. The van der Waals surface area contributed by atoms with Gasteiger partial charge in [-0.25, -0.2) is 0 Å². The van der Waals surface area contributed by atoms with Gasteiger partial charge in [0.25, 0.3) is 0 Å². The van der Waals surface area contributed by atoms with Gasteiger partial charge in [0, 0.05) is 5.69 Å². The van der Waals surface area contributed by atoms with Gasteiger partial charge in [-0.2, -0.15) is 0 Å². The first kappa shape index (κ1) is 19.5. The second-order valence-corrected chi connectivity index (χ2v) is 5.61. The molecule has 0 aromatic heterocycles. The zero-order valence-electron chi connectivity index (χ0n) is 12.6. The van der Waals surface area contributed by atoms with Crippen LogP contribution in [-0.4, -0.2) is 31.0 Å². The molecule has 2 rings (SSSR count). The number of benzene rings is 1. The zero-order chi connectivity index (χ0) is 15.9. The molecule has 8 heteroatoms. The van der Waals surface area contributed by atoms with Crippen LogP contribution in [0.15, 0.2) is 18.2 Å². The summed E-state index contributed by atoms with van der Waals surface area (Å²) in [5.41, 5.74) is 5.69. The summed E-state index contributed by atoms with van der Waals surface area (Å²) in [5, 5.41) is 5.50. The average molecular weight is 362 g/mol. The first-order chi connectivity index (χ1) is 10.6.